The molecule has 0 aliphatic heterocycles. The molecule has 0 aliphatic carbocycles. The first-order valence-electron chi connectivity index (χ1n) is 7.72. The average molecular weight is 360 g/mol. The summed E-state index contributed by atoms with van der Waals surface area (Å²) >= 11 is 0. The van der Waals surface area contributed by atoms with Gasteiger partial charge in [-0.1, -0.05) is 35.6 Å². The fraction of sp³-hybridized carbons (Fsp3) is 0.474. The predicted molar refractivity (Wildman–Crippen MR) is 96.3 cm³/mol. The molecule has 0 bridgehead atoms. The minimum Gasteiger partial charge on any atom is -0.748 e. The summed E-state index contributed by atoms with van der Waals surface area (Å²) in [6.45, 7) is 11.5. The van der Waals surface area contributed by atoms with Crippen LogP contribution in [0.1, 0.15) is 46.3 Å². The molecule has 0 N–H and O–H groups in total. The molecule has 2 aromatic rings. The fourth-order valence-electron chi connectivity index (χ4n) is 2.60. The molecule has 0 saturated carbocycles. The van der Waals surface area contributed by atoms with Gasteiger partial charge < -0.3 is 35.1 Å². The van der Waals surface area contributed by atoms with Gasteiger partial charge in [0.15, 0.2) is 0 Å². The zero-order valence-corrected chi connectivity index (χ0v) is 16.6. The fourth-order valence-corrected chi connectivity index (χ4v) is 5.72. The third-order valence-corrected chi connectivity index (χ3v) is 6.75. The van der Waals surface area contributed by atoms with E-state index in [2.05, 4.69) is 52.8 Å². The summed E-state index contributed by atoms with van der Waals surface area (Å²) in [5, 5.41) is 1.54. The summed E-state index contributed by atoms with van der Waals surface area (Å²) in [7, 11) is 1.71. The van der Waals surface area contributed by atoms with Crippen molar-refractivity contribution in [3.05, 3.63) is 54.1 Å². The molecule has 0 heterocycles. The predicted octanol–water partition coefficient (Wildman–Crippen LogP) is 5.44. The van der Waals surface area contributed by atoms with E-state index in [1.165, 1.54) is 10.9 Å². The Kier molecular flexibility index (Phi) is 11.0. The molecule has 2 aromatic carbocycles. The van der Waals surface area contributed by atoms with Crippen LogP contribution in [0.4, 0.5) is 0 Å². The van der Waals surface area contributed by atoms with Crippen LogP contribution in [0.15, 0.2) is 48.5 Å². The molecule has 130 valence electrons. The molecule has 1 atom stereocenters. The number of ether oxygens (including phenoxy) is 1. The maximum Gasteiger partial charge on any atom is 0.0359 e. The van der Waals surface area contributed by atoms with E-state index in [9.17, 15) is 0 Å². The van der Waals surface area contributed by atoms with Gasteiger partial charge in [-0.25, -0.2) is 12.1 Å². The van der Waals surface area contributed by atoms with Gasteiger partial charge in [0.25, 0.3) is 0 Å². The van der Waals surface area contributed by atoms with Gasteiger partial charge in [0.1, 0.15) is 0 Å². The van der Waals surface area contributed by atoms with Crippen LogP contribution in [-0.2, 0) is 21.8 Å². The number of hydrogen-bond donors (Lipinski definition) is 0. The van der Waals surface area contributed by atoms with Crippen LogP contribution in [0.25, 0.3) is 0 Å². The molecule has 0 radical (unpaired) electrons. The van der Waals surface area contributed by atoms with Crippen molar-refractivity contribution < 1.29 is 21.8 Å². The third-order valence-electron chi connectivity index (χ3n) is 3.56. The maximum atomic E-state index is 5.46. The topological polar surface area (TPSA) is 9.23 Å². The van der Waals surface area contributed by atoms with Crippen molar-refractivity contribution in [2.24, 2.45) is 0 Å². The van der Waals surface area contributed by atoms with Crippen molar-refractivity contribution in [3.8, 4) is 0 Å². The van der Waals surface area contributed by atoms with E-state index in [1.807, 2.05) is 30.3 Å². The van der Waals surface area contributed by atoms with Gasteiger partial charge in [0.2, 0.25) is 0 Å². The quantitative estimate of drug-likeness (QED) is 0.392. The van der Waals surface area contributed by atoms with Crippen LogP contribution in [0, 0.1) is 0 Å². The number of hydrogen-bond acceptors (Lipinski definition) is 1. The minimum atomic E-state index is -0.0757. The zero-order chi connectivity index (χ0) is 15.8. The minimum absolute atomic E-state index is 0. The molecule has 0 aromatic heterocycles. The van der Waals surface area contributed by atoms with Crippen molar-refractivity contribution >= 4 is 13.2 Å². The van der Waals surface area contributed by atoms with Crippen molar-refractivity contribution in [1.82, 2.24) is 0 Å². The monoisotopic (exact) mass is 360 g/mol. The summed E-state index contributed by atoms with van der Waals surface area (Å²) in [5.74, 6) is 0. The second-order valence-corrected chi connectivity index (χ2v) is 9.16. The second kappa shape index (κ2) is 11.2. The zero-order valence-electron chi connectivity index (χ0n) is 14.6. The molecule has 2 rings (SSSR count). The number of methoxy groups -OCH3 is 1. The first kappa shape index (κ1) is 21.6. The largest absolute Gasteiger partial charge is 0.748 e. The average Bonchev–Trinajstić information content (AvgIpc) is 3.11. The van der Waals surface area contributed by atoms with Gasteiger partial charge in [-0.15, -0.1) is 10.9 Å². The summed E-state index contributed by atoms with van der Waals surface area (Å²) < 4.78 is 5.46. The third kappa shape index (κ3) is 6.39. The molecule has 0 aliphatic rings. The van der Waals surface area contributed by atoms with Crippen LogP contribution in [0.2, 0.25) is 0 Å². The molecular formula is C19H29FeOP-6. The summed E-state index contributed by atoms with van der Waals surface area (Å²) in [6, 6.07) is 16.7. The van der Waals surface area contributed by atoms with Gasteiger partial charge in [-0.3, -0.25) is 0 Å². The van der Waals surface area contributed by atoms with Gasteiger partial charge in [-0.05, 0) is 18.2 Å². The van der Waals surface area contributed by atoms with Crippen LogP contribution in [-0.4, -0.2) is 18.4 Å². The first-order valence-corrected chi connectivity index (χ1v) is 9.20. The van der Waals surface area contributed by atoms with E-state index in [0.29, 0.717) is 0 Å². The van der Waals surface area contributed by atoms with E-state index in [4.69, 9.17) is 4.74 Å². The molecule has 22 heavy (non-hydrogen) atoms. The van der Waals surface area contributed by atoms with E-state index >= 15 is 0 Å². The smallest absolute Gasteiger partial charge is 0.0359 e. The Hall–Kier alpha value is -0.391. The second-order valence-electron chi connectivity index (χ2n) is 5.80. The van der Waals surface area contributed by atoms with Crippen LogP contribution in [0.5, 0.6) is 0 Å². The summed E-state index contributed by atoms with van der Waals surface area (Å²) in [6.07, 6.45) is 0.215. The van der Waals surface area contributed by atoms with E-state index in [0.717, 1.165) is 11.3 Å². The Morgan fingerprint density at radius 2 is 1.41 bits per heavy atom. The Labute approximate surface area is 148 Å². The molecule has 0 amide bonds. The van der Waals surface area contributed by atoms with Crippen LogP contribution < -0.4 is 5.30 Å². The van der Waals surface area contributed by atoms with Crippen molar-refractivity contribution in [2.45, 2.75) is 52.0 Å². The normalized spacial score (nSPS) is 12.0. The van der Waals surface area contributed by atoms with Crippen LogP contribution >= 0.6 is 7.92 Å². The molecule has 0 fully saturated rings. The van der Waals surface area contributed by atoms with Gasteiger partial charge in [-0.2, -0.15) is 6.07 Å². The van der Waals surface area contributed by atoms with E-state index in [1.54, 1.807) is 7.11 Å². The molecule has 1 nitrogen and oxygen atoms in total. The van der Waals surface area contributed by atoms with E-state index in [-0.39, 0.29) is 31.1 Å². The van der Waals surface area contributed by atoms with Crippen molar-refractivity contribution in [2.75, 3.05) is 7.11 Å². The standard InChI is InChI=1S/C14H24OP.C5H5.Fe/c1-10(2)16(11(3)4)14-9-7-8-13(14)12(5)15-6;1-2-4-5-3-1;/h7-12H,1-6H3;1-5H;/q-1;-5;. The maximum absolute atomic E-state index is 5.46. The van der Waals surface area contributed by atoms with Crippen molar-refractivity contribution in [1.29, 1.82) is 0 Å². The summed E-state index contributed by atoms with van der Waals surface area (Å²) in [4.78, 5) is 0. The van der Waals surface area contributed by atoms with E-state index < -0.39 is 0 Å². The number of rotatable bonds is 5. The summed E-state index contributed by atoms with van der Waals surface area (Å²) in [5.41, 5.74) is 2.86. The van der Waals surface area contributed by atoms with Gasteiger partial charge in [0, 0.05) is 30.3 Å². The van der Waals surface area contributed by atoms with Crippen LogP contribution in [0.3, 0.4) is 0 Å². The Bertz CT molecular complexity index is 448. The van der Waals surface area contributed by atoms with Gasteiger partial charge in [0.05, 0.1) is 0 Å². The van der Waals surface area contributed by atoms with Gasteiger partial charge >= 0.3 is 0 Å². The molecule has 3 heteroatoms. The van der Waals surface area contributed by atoms with Crippen molar-refractivity contribution in [3.63, 3.8) is 0 Å². The Morgan fingerprint density at radius 3 is 1.77 bits per heavy atom. The first-order chi connectivity index (χ1) is 9.99. The molecule has 0 spiro atoms. The molecular weight excluding hydrogens is 331 g/mol. The molecule has 0 saturated heterocycles. The Morgan fingerprint density at radius 1 is 0.955 bits per heavy atom. The molecule has 1 unspecified atom stereocenters. The Balaban J connectivity index is 0.000000622. The SMILES string of the molecule is COC(C)[c-]1cccc1P(C(C)C)C(C)C.[Fe].[cH-]1[cH-][cH-][cH-][cH-]1.